The first-order valence-electron chi connectivity index (χ1n) is 7.42. The summed E-state index contributed by atoms with van der Waals surface area (Å²) in [6, 6.07) is 2.17. The van der Waals surface area contributed by atoms with Crippen molar-refractivity contribution in [2.24, 2.45) is 5.73 Å². The lowest BCUT2D eigenvalue weighted by atomic mass is 10.2. The fraction of sp³-hybridized carbons (Fsp3) is 0.500. The molecule has 3 rings (SSSR count). The zero-order chi connectivity index (χ0) is 17.3. The molecule has 26 heavy (non-hydrogen) atoms. The van der Waals surface area contributed by atoms with E-state index in [1.165, 1.54) is 10.5 Å². The Balaban J connectivity index is 0.00000169. The van der Waals surface area contributed by atoms with Gasteiger partial charge >= 0.3 is 6.18 Å². The highest BCUT2D eigenvalue weighted by Crippen LogP contribution is 2.29. The van der Waals surface area contributed by atoms with Crippen LogP contribution in [-0.4, -0.2) is 39.3 Å². The summed E-state index contributed by atoms with van der Waals surface area (Å²) in [5.74, 6) is -0.132. The van der Waals surface area contributed by atoms with Crippen LogP contribution < -0.4 is 11.1 Å². The van der Waals surface area contributed by atoms with E-state index in [1.807, 2.05) is 0 Å². The number of carbonyl (C=O) groups excluding carboxylic acids is 1. The average Bonchev–Trinajstić information content (AvgIpc) is 3.18. The maximum Gasteiger partial charge on any atom is 0.417 e. The maximum atomic E-state index is 12.8. The Morgan fingerprint density at radius 1 is 1.31 bits per heavy atom. The van der Waals surface area contributed by atoms with Crippen molar-refractivity contribution in [2.45, 2.75) is 37.8 Å². The number of hydrogen-bond donors (Lipinski definition) is 2. The smallest absolute Gasteiger partial charge is 0.364 e. The summed E-state index contributed by atoms with van der Waals surface area (Å²) in [6.07, 6.45) is -3.02. The van der Waals surface area contributed by atoms with Crippen LogP contribution >= 0.6 is 24.8 Å². The van der Waals surface area contributed by atoms with Crippen LogP contribution in [0.25, 0.3) is 5.65 Å². The number of nitrogens with one attached hydrogen (secondary N) is 1. The number of amides is 1. The van der Waals surface area contributed by atoms with Gasteiger partial charge in [-0.1, -0.05) is 0 Å². The second kappa shape index (κ2) is 8.85. The SMILES string of the molecule is Cl.Cl.NC[C@H]1CC[C@@H](C(=O)NCc2nnc3ccc(C(F)(F)F)cn23)O1. The van der Waals surface area contributed by atoms with Gasteiger partial charge in [0.2, 0.25) is 5.91 Å². The molecule has 12 heteroatoms. The molecular formula is C14H18Cl2F3N5O2. The number of hydrogen-bond acceptors (Lipinski definition) is 5. The number of nitrogens with zero attached hydrogens (tertiary/aromatic N) is 3. The van der Waals surface area contributed by atoms with E-state index in [1.54, 1.807) is 0 Å². The molecule has 1 aliphatic heterocycles. The predicted octanol–water partition coefficient (Wildman–Crippen LogP) is 1.71. The van der Waals surface area contributed by atoms with Crippen molar-refractivity contribution in [1.82, 2.24) is 19.9 Å². The molecule has 3 N–H and O–H groups in total. The van der Waals surface area contributed by atoms with Gasteiger partial charge in [0, 0.05) is 12.7 Å². The average molecular weight is 416 g/mol. The van der Waals surface area contributed by atoms with E-state index in [2.05, 4.69) is 15.5 Å². The normalized spacial score (nSPS) is 19.7. The predicted molar refractivity (Wildman–Crippen MR) is 91.3 cm³/mol. The molecule has 0 spiro atoms. The molecule has 0 unspecified atom stereocenters. The molecule has 0 aromatic carbocycles. The van der Waals surface area contributed by atoms with Crippen LogP contribution in [0.4, 0.5) is 13.2 Å². The van der Waals surface area contributed by atoms with Crippen LogP contribution in [0, 0.1) is 0 Å². The van der Waals surface area contributed by atoms with E-state index in [-0.39, 0.29) is 54.8 Å². The Kier molecular flexibility index (Phi) is 7.63. The van der Waals surface area contributed by atoms with E-state index in [4.69, 9.17) is 10.5 Å². The fourth-order valence-corrected chi connectivity index (χ4v) is 2.58. The maximum absolute atomic E-state index is 12.8. The zero-order valence-electron chi connectivity index (χ0n) is 13.4. The van der Waals surface area contributed by atoms with E-state index < -0.39 is 17.8 Å². The molecule has 2 aromatic heterocycles. The summed E-state index contributed by atoms with van der Waals surface area (Å²) >= 11 is 0. The highest BCUT2D eigenvalue weighted by Gasteiger charge is 2.32. The zero-order valence-corrected chi connectivity index (χ0v) is 15.0. The Bertz CT molecular complexity index is 756. The Morgan fingerprint density at radius 3 is 2.65 bits per heavy atom. The summed E-state index contributed by atoms with van der Waals surface area (Å²) < 4.78 is 45.0. The molecule has 2 atom stereocenters. The minimum atomic E-state index is -4.46. The lowest BCUT2D eigenvalue weighted by molar-refractivity contribution is -0.138. The fourth-order valence-electron chi connectivity index (χ4n) is 2.58. The number of nitrogens with two attached hydrogens (primary N) is 1. The molecule has 7 nitrogen and oxygen atoms in total. The minimum absolute atomic E-state index is 0. The van der Waals surface area contributed by atoms with Gasteiger partial charge in [-0.3, -0.25) is 9.20 Å². The van der Waals surface area contributed by atoms with Crippen molar-refractivity contribution in [3.05, 3.63) is 29.7 Å². The summed E-state index contributed by atoms with van der Waals surface area (Å²) in [5.41, 5.74) is 4.95. The number of aromatic nitrogens is 3. The van der Waals surface area contributed by atoms with Gasteiger partial charge in [0.1, 0.15) is 6.10 Å². The molecule has 3 heterocycles. The van der Waals surface area contributed by atoms with Gasteiger partial charge in [-0.05, 0) is 25.0 Å². The van der Waals surface area contributed by atoms with Crippen LogP contribution in [0.3, 0.4) is 0 Å². The Labute approximate surface area is 159 Å². The third kappa shape index (κ3) is 4.76. The lowest BCUT2D eigenvalue weighted by Gasteiger charge is -2.12. The molecule has 146 valence electrons. The molecule has 1 aliphatic rings. The summed E-state index contributed by atoms with van der Waals surface area (Å²) in [7, 11) is 0. The van der Waals surface area contributed by atoms with E-state index >= 15 is 0 Å². The third-order valence-electron chi connectivity index (χ3n) is 3.88. The third-order valence-corrected chi connectivity index (χ3v) is 3.88. The second-order valence-corrected chi connectivity index (χ2v) is 5.54. The van der Waals surface area contributed by atoms with E-state index in [9.17, 15) is 18.0 Å². The van der Waals surface area contributed by atoms with Gasteiger partial charge in [0.15, 0.2) is 11.5 Å². The first kappa shape index (κ1) is 22.4. The number of alkyl halides is 3. The monoisotopic (exact) mass is 415 g/mol. The summed E-state index contributed by atoms with van der Waals surface area (Å²) in [4.78, 5) is 12.0. The molecule has 0 bridgehead atoms. The van der Waals surface area contributed by atoms with Crippen LogP contribution in [-0.2, 0) is 22.3 Å². The lowest BCUT2D eigenvalue weighted by Crippen LogP contribution is -2.35. The van der Waals surface area contributed by atoms with Gasteiger partial charge in [0.05, 0.1) is 18.2 Å². The highest BCUT2D eigenvalue weighted by molar-refractivity contribution is 5.85. The van der Waals surface area contributed by atoms with E-state index in [0.717, 1.165) is 12.3 Å². The topological polar surface area (TPSA) is 94.5 Å². The number of pyridine rings is 1. The molecule has 0 saturated carbocycles. The van der Waals surface area contributed by atoms with Crippen LogP contribution in [0.5, 0.6) is 0 Å². The van der Waals surface area contributed by atoms with Crippen molar-refractivity contribution in [1.29, 1.82) is 0 Å². The number of halogens is 5. The molecule has 2 aromatic rings. The van der Waals surface area contributed by atoms with Gasteiger partial charge in [-0.2, -0.15) is 13.2 Å². The van der Waals surface area contributed by atoms with Crippen molar-refractivity contribution >= 4 is 36.4 Å². The summed E-state index contributed by atoms with van der Waals surface area (Å²) in [5, 5.41) is 10.2. The van der Waals surface area contributed by atoms with Crippen molar-refractivity contribution in [3.8, 4) is 0 Å². The molecular weight excluding hydrogens is 398 g/mol. The van der Waals surface area contributed by atoms with E-state index in [0.29, 0.717) is 19.4 Å². The van der Waals surface area contributed by atoms with Crippen molar-refractivity contribution in [3.63, 3.8) is 0 Å². The number of ether oxygens (including phenoxy) is 1. The first-order chi connectivity index (χ1) is 11.4. The van der Waals surface area contributed by atoms with Gasteiger partial charge in [-0.25, -0.2) is 0 Å². The first-order valence-corrected chi connectivity index (χ1v) is 7.42. The quantitative estimate of drug-likeness (QED) is 0.792. The van der Waals surface area contributed by atoms with Crippen LogP contribution in [0.1, 0.15) is 24.2 Å². The van der Waals surface area contributed by atoms with Gasteiger partial charge in [0.25, 0.3) is 0 Å². The minimum Gasteiger partial charge on any atom is -0.364 e. The Hall–Kier alpha value is -1.62. The van der Waals surface area contributed by atoms with Gasteiger partial charge < -0.3 is 15.8 Å². The molecule has 0 aliphatic carbocycles. The second-order valence-electron chi connectivity index (χ2n) is 5.54. The molecule has 1 saturated heterocycles. The van der Waals surface area contributed by atoms with Crippen molar-refractivity contribution < 1.29 is 22.7 Å². The van der Waals surface area contributed by atoms with Crippen LogP contribution in [0.2, 0.25) is 0 Å². The highest BCUT2D eigenvalue weighted by atomic mass is 35.5. The Morgan fingerprint density at radius 2 is 2.04 bits per heavy atom. The van der Waals surface area contributed by atoms with Crippen molar-refractivity contribution in [2.75, 3.05) is 6.54 Å². The standard InChI is InChI=1S/C14H16F3N5O2.2ClH/c15-14(16,17)8-1-4-11-20-21-12(22(11)7-8)6-19-13(23)10-3-2-9(5-18)24-10;;/h1,4,7,9-10H,2-3,5-6,18H2,(H,19,23);2*1H/t9-,10+;;/m1../s1. The summed E-state index contributed by atoms with van der Waals surface area (Å²) in [6.45, 7) is 0.299. The number of rotatable bonds is 4. The number of carbonyl (C=O) groups is 1. The number of fused-ring (bicyclic) bond motifs is 1. The van der Waals surface area contributed by atoms with Gasteiger partial charge in [-0.15, -0.1) is 35.0 Å². The van der Waals surface area contributed by atoms with Crippen LogP contribution in [0.15, 0.2) is 18.3 Å². The molecule has 1 fully saturated rings. The largest absolute Gasteiger partial charge is 0.417 e. The molecule has 0 radical (unpaired) electrons. The molecule has 1 amide bonds.